The molecule has 0 aromatic carbocycles. The summed E-state index contributed by atoms with van der Waals surface area (Å²) in [5.74, 6) is 0.148. The summed E-state index contributed by atoms with van der Waals surface area (Å²) in [5, 5.41) is 2.16. The van der Waals surface area contributed by atoms with Gasteiger partial charge in [0.05, 0.1) is 22.6 Å². The first-order valence-corrected chi connectivity index (χ1v) is 13.8. The molecule has 0 radical (unpaired) electrons. The molecular weight excluding hydrogens is 348 g/mol. The highest BCUT2D eigenvalue weighted by molar-refractivity contribution is 8.03. The zero-order chi connectivity index (χ0) is 18.5. The molecule has 2 saturated heterocycles. The topological polar surface area (TPSA) is 37.4 Å². The van der Waals surface area contributed by atoms with Gasteiger partial charge in [-0.15, -0.1) is 0 Å². The zero-order valence-electron chi connectivity index (χ0n) is 16.8. The standard InChI is InChI=1S/C20H33NO2P2/c1-12-8-9-13(2)24(12)16-17(19(23)21(7)18(16)22)25(20(24,5)6)14(3)10-11-15(25)4/h12-15H,8-11H2,1-7H3/q+2/t12-,13-,14-,15-/m1/s1. The van der Waals surface area contributed by atoms with Gasteiger partial charge in [-0.3, -0.25) is 14.5 Å². The quantitative estimate of drug-likeness (QED) is 0.431. The van der Waals surface area contributed by atoms with Crippen LogP contribution < -0.4 is 0 Å². The Kier molecular flexibility index (Phi) is 3.75. The van der Waals surface area contributed by atoms with E-state index in [0.717, 1.165) is 10.6 Å². The minimum absolute atomic E-state index is 0.0742. The van der Waals surface area contributed by atoms with Crippen molar-refractivity contribution >= 4 is 26.3 Å². The summed E-state index contributed by atoms with van der Waals surface area (Å²) in [4.78, 5) is 28.4. The normalized spacial score (nSPS) is 40.8. The highest BCUT2D eigenvalue weighted by Gasteiger charge is 2.89. The molecule has 3 nitrogen and oxygen atoms in total. The number of carbonyl (C=O) groups is 2. The molecule has 0 aromatic rings. The molecule has 0 unspecified atom stereocenters. The van der Waals surface area contributed by atoms with E-state index in [1.54, 1.807) is 7.05 Å². The van der Waals surface area contributed by atoms with Crippen molar-refractivity contribution in [3.05, 3.63) is 10.6 Å². The van der Waals surface area contributed by atoms with Crippen molar-refractivity contribution in [2.24, 2.45) is 0 Å². The van der Waals surface area contributed by atoms with Crippen LogP contribution in [0.5, 0.6) is 0 Å². The van der Waals surface area contributed by atoms with Crippen molar-refractivity contribution in [3.8, 4) is 0 Å². The van der Waals surface area contributed by atoms with Crippen molar-refractivity contribution in [2.75, 3.05) is 7.05 Å². The highest BCUT2D eigenvalue weighted by Crippen LogP contribution is 3.06. The summed E-state index contributed by atoms with van der Waals surface area (Å²) in [5.41, 5.74) is 2.35. The molecule has 0 aromatic heterocycles. The van der Waals surface area contributed by atoms with Gasteiger partial charge in [-0.25, -0.2) is 0 Å². The molecule has 4 heterocycles. The Morgan fingerprint density at radius 2 is 1.04 bits per heavy atom. The number of nitrogens with zero attached hydrogens (tertiary/aromatic N) is 1. The molecule has 4 aliphatic rings. The van der Waals surface area contributed by atoms with Crippen molar-refractivity contribution in [2.45, 2.75) is 94.8 Å². The summed E-state index contributed by atoms with van der Waals surface area (Å²) >= 11 is 0. The van der Waals surface area contributed by atoms with Gasteiger partial charge in [-0.2, -0.15) is 0 Å². The molecular formula is C20H33NO2P2+2. The number of rotatable bonds is 0. The smallest absolute Gasteiger partial charge is 0.271 e. The van der Waals surface area contributed by atoms with Crippen LogP contribution >= 0.6 is 14.5 Å². The molecule has 0 bridgehead atoms. The van der Waals surface area contributed by atoms with E-state index in [1.165, 1.54) is 30.6 Å². The van der Waals surface area contributed by atoms with E-state index in [1.807, 2.05) is 0 Å². The van der Waals surface area contributed by atoms with Crippen molar-refractivity contribution in [1.29, 1.82) is 0 Å². The maximum Gasteiger partial charge on any atom is 0.300 e. The van der Waals surface area contributed by atoms with E-state index in [-0.39, 0.29) is 16.7 Å². The molecule has 2 fully saturated rings. The summed E-state index contributed by atoms with van der Waals surface area (Å²) in [6.07, 6.45) is 4.90. The first kappa shape index (κ1) is 18.1. The minimum atomic E-state index is -1.69. The van der Waals surface area contributed by atoms with Gasteiger partial charge in [0.15, 0.2) is 4.90 Å². The van der Waals surface area contributed by atoms with Crippen LogP contribution in [0.4, 0.5) is 0 Å². The number of likely N-dealkylation sites (N-methyl/N-ethyl adjacent to an activating group) is 1. The fourth-order valence-corrected chi connectivity index (χ4v) is 26.9. The second kappa shape index (κ2) is 5.17. The molecule has 5 heteroatoms. The van der Waals surface area contributed by atoms with Gasteiger partial charge in [0, 0.05) is 20.9 Å². The van der Waals surface area contributed by atoms with Gasteiger partial charge in [-0.05, 0) is 53.4 Å². The zero-order valence-corrected chi connectivity index (χ0v) is 18.6. The summed E-state index contributed by atoms with van der Waals surface area (Å²) in [7, 11) is -1.66. The van der Waals surface area contributed by atoms with Crippen molar-refractivity contribution in [1.82, 2.24) is 4.90 Å². The number of amides is 2. The lowest BCUT2D eigenvalue weighted by molar-refractivity contribution is -0.135. The highest BCUT2D eigenvalue weighted by atomic mass is 31.2. The maximum atomic E-state index is 13.4. The average molecular weight is 381 g/mol. The van der Waals surface area contributed by atoms with Crippen LogP contribution in [0.15, 0.2) is 10.6 Å². The predicted octanol–water partition coefficient (Wildman–Crippen LogP) is 5.12. The second-order valence-electron chi connectivity index (χ2n) is 9.47. The Morgan fingerprint density at radius 3 is 1.32 bits per heavy atom. The van der Waals surface area contributed by atoms with Crippen molar-refractivity contribution in [3.63, 3.8) is 0 Å². The lowest BCUT2D eigenvalue weighted by Gasteiger charge is -2.45. The van der Waals surface area contributed by atoms with Crippen molar-refractivity contribution < 1.29 is 9.59 Å². The van der Waals surface area contributed by atoms with Crippen LogP contribution in [-0.2, 0) is 9.59 Å². The summed E-state index contributed by atoms with van der Waals surface area (Å²) in [6, 6.07) is 0. The molecule has 138 valence electrons. The van der Waals surface area contributed by atoms with Crippen LogP contribution in [0.25, 0.3) is 0 Å². The molecule has 2 spiro atoms. The Labute approximate surface area is 153 Å². The Bertz CT molecular complexity index is 634. The molecule has 0 aliphatic carbocycles. The lowest BCUT2D eigenvalue weighted by Crippen LogP contribution is -2.41. The molecule has 4 rings (SSSR count). The van der Waals surface area contributed by atoms with E-state index in [0.29, 0.717) is 22.6 Å². The number of hydrogen-bond acceptors (Lipinski definition) is 2. The number of imide groups is 1. The molecule has 25 heavy (non-hydrogen) atoms. The predicted molar refractivity (Wildman–Crippen MR) is 109 cm³/mol. The third kappa shape index (κ3) is 1.60. The monoisotopic (exact) mass is 381 g/mol. The van der Waals surface area contributed by atoms with E-state index in [2.05, 4.69) is 41.5 Å². The van der Waals surface area contributed by atoms with Crippen LogP contribution in [0.1, 0.15) is 67.2 Å². The fraction of sp³-hybridized carbons (Fsp3) is 0.800. The van der Waals surface area contributed by atoms with E-state index in [4.69, 9.17) is 0 Å². The van der Waals surface area contributed by atoms with E-state index >= 15 is 0 Å². The largest absolute Gasteiger partial charge is 0.300 e. The van der Waals surface area contributed by atoms with Gasteiger partial charge < -0.3 is 0 Å². The third-order valence-corrected chi connectivity index (χ3v) is 23.3. The van der Waals surface area contributed by atoms with Crippen LogP contribution in [0, 0.1) is 0 Å². The van der Waals surface area contributed by atoms with E-state index < -0.39 is 14.5 Å². The Balaban J connectivity index is 2.12. The Morgan fingerprint density at radius 1 is 0.760 bits per heavy atom. The second-order valence-corrected chi connectivity index (χ2v) is 19.6. The van der Waals surface area contributed by atoms with Gasteiger partial charge in [0.2, 0.25) is 10.6 Å². The van der Waals surface area contributed by atoms with Crippen LogP contribution in [0.2, 0.25) is 0 Å². The van der Waals surface area contributed by atoms with Gasteiger partial charge in [0.25, 0.3) is 11.8 Å². The molecule has 4 atom stereocenters. The molecule has 4 aliphatic heterocycles. The van der Waals surface area contributed by atoms with Crippen LogP contribution in [-0.4, -0.2) is 51.3 Å². The number of carbonyl (C=O) groups excluding carboxylic acids is 2. The average Bonchev–Trinajstić information content (AvgIpc) is 3.14. The van der Waals surface area contributed by atoms with Gasteiger partial charge in [-0.1, -0.05) is 0 Å². The number of fused-ring (bicyclic) bond motifs is 2. The van der Waals surface area contributed by atoms with Gasteiger partial charge in [0.1, 0.15) is 14.5 Å². The minimum Gasteiger partial charge on any atom is -0.271 e. The molecule has 0 saturated carbocycles. The summed E-state index contributed by atoms with van der Waals surface area (Å²) in [6.45, 7) is 14.6. The first-order valence-electron chi connectivity index (χ1n) is 9.92. The molecule has 2 amide bonds. The summed E-state index contributed by atoms with van der Waals surface area (Å²) < 4.78 is 0. The first-order chi connectivity index (χ1) is 11.6. The molecule has 0 N–H and O–H groups in total. The lowest BCUT2D eigenvalue weighted by atomic mass is 10.2. The third-order valence-electron chi connectivity index (χ3n) is 8.58. The van der Waals surface area contributed by atoms with E-state index in [9.17, 15) is 9.59 Å². The fourth-order valence-electron chi connectivity index (χ4n) is 7.79. The SMILES string of the molecule is C[C@@H]1CC[C@@H](C)[P+]12C1=C(C(=O)N(C)C1=O)[P+]1([C@H](C)CC[C@H]1C)C2(C)C. The number of hydrogen-bond donors (Lipinski definition) is 0. The van der Waals surface area contributed by atoms with Crippen LogP contribution in [0.3, 0.4) is 0 Å². The van der Waals surface area contributed by atoms with Gasteiger partial charge >= 0.3 is 0 Å². The maximum absolute atomic E-state index is 13.4. The Hall–Kier alpha value is -0.260.